The van der Waals surface area contributed by atoms with E-state index in [1.165, 1.54) is 18.0 Å². The molecule has 620 valence electrons. The number of amides is 1. The van der Waals surface area contributed by atoms with E-state index in [2.05, 4.69) is 75.4 Å². The molecule has 2 fully saturated rings. The average molecular weight is 1710 g/mol. The molecular formula is C85H100B2BrCl2N15O13. The van der Waals surface area contributed by atoms with Crippen molar-refractivity contribution in [2.75, 3.05) is 53.1 Å². The standard InChI is InChI=1S/C29H30N6O3.C17H15ClN4O2.C16H28BNO4.C12H12BrN3O2.C11H15BClNO2/c1-29(2,36)19-38-24-12-25(28-23(13-30)16-33-35(28)18-24)22-5-6-26(31-15-22)21-8-10-34(11-9-21)17-20-4-7-27(37-3)32-14-20;1-17(2,23)10-24-13-5-14(11-3-4-15(18)20-7-11)16-12(6-19)8-21-22(16)9-13;1-14(2,3)20-13(19)18-10-8-12(9-11-18)17-21-15(4,5)16(6,7)22-17;1-12(2,17)7-18-9-3-10(13)11-8(4-14)5-15-16(11)6-9;1-10(2)11(3,4)16-12(15-10)8-5-6-9(13)14-7-8/h4-8,12,14-16,18,36H,9-11,17,19H2,1-3H3;3-5,7-9,23H,10H2,1-2H3;8H,9-11H2,1-7H3;3,5-6,17H,7H2,1-2H3;5-7H,1-4H3. The van der Waals surface area contributed by atoms with E-state index in [4.69, 9.17) is 75.7 Å². The lowest BCUT2D eigenvalue weighted by Crippen LogP contribution is -2.41. The molecule has 0 atom stereocenters. The van der Waals surface area contributed by atoms with Crippen LogP contribution in [0, 0.1) is 34.0 Å². The van der Waals surface area contributed by atoms with Crippen molar-refractivity contribution >= 4 is 87.0 Å². The summed E-state index contributed by atoms with van der Waals surface area (Å²) < 4.78 is 56.9. The van der Waals surface area contributed by atoms with Crippen molar-refractivity contribution in [2.45, 2.75) is 182 Å². The monoisotopic (exact) mass is 1710 g/mol. The molecule has 0 radical (unpaired) electrons. The third kappa shape index (κ3) is 23.7. The van der Waals surface area contributed by atoms with Crippen molar-refractivity contribution in [1.29, 1.82) is 15.8 Å². The zero-order valence-electron chi connectivity index (χ0n) is 69.8. The smallest absolute Gasteiger partial charge is 0.489 e. The van der Waals surface area contributed by atoms with E-state index in [1.807, 2.05) is 137 Å². The van der Waals surface area contributed by atoms with Gasteiger partial charge < -0.3 is 62.5 Å². The van der Waals surface area contributed by atoms with Crippen LogP contribution in [0.15, 0.2) is 151 Å². The van der Waals surface area contributed by atoms with Crippen molar-refractivity contribution in [3.8, 4) is 63.6 Å². The molecule has 3 N–H and O–H groups in total. The number of rotatable bonds is 17. The maximum Gasteiger partial charge on any atom is 0.496 e. The third-order valence-electron chi connectivity index (χ3n) is 19.7. The number of aliphatic hydroxyl groups is 3. The Labute approximate surface area is 707 Å². The van der Waals surface area contributed by atoms with Crippen LogP contribution in [0.5, 0.6) is 23.1 Å². The Bertz CT molecular complexity index is 5350. The number of carbonyl (C=O) groups is 1. The molecule has 0 saturated carbocycles. The average Bonchev–Trinajstić information content (AvgIpc) is 1.61. The summed E-state index contributed by atoms with van der Waals surface area (Å²) in [5, 5.41) is 70.8. The zero-order valence-corrected chi connectivity index (χ0v) is 72.9. The highest BCUT2D eigenvalue weighted by Crippen LogP contribution is 2.41. The second kappa shape index (κ2) is 37.1. The molecule has 10 aromatic rings. The van der Waals surface area contributed by atoms with Crippen LogP contribution in [0.2, 0.25) is 10.3 Å². The van der Waals surface area contributed by atoms with Gasteiger partial charge in [0.1, 0.15) is 71.2 Å². The van der Waals surface area contributed by atoms with Gasteiger partial charge in [-0.3, -0.25) is 9.88 Å². The minimum absolute atomic E-state index is 0.127. The number of nitriles is 3. The lowest BCUT2D eigenvalue weighted by molar-refractivity contribution is 0.00578. The highest BCUT2D eigenvalue weighted by molar-refractivity contribution is 9.10. The van der Waals surface area contributed by atoms with Crippen molar-refractivity contribution in [3.05, 3.63) is 189 Å². The van der Waals surface area contributed by atoms with Crippen molar-refractivity contribution in [2.24, 2.45) is 0 Å². The van der Waals surface area contributed by atoms with Crippen molar-refractivity contribution in [3.63, 3.8) is 0 Å². The van der Waals surface area contributed by atoms with Crippen LogP contribution in [-0.4, -0.2) is 192 Å². The van der Waals surface area contributed by atoms with Gasteiger partial charge in [0.15, 0.2) is 0 Å². The number of nitrogens with zero attached hydrogens (tertiary/aromatic N) is 15. The molecule has 0 spiro atoms. The largest absolute Gasteiger partial charge is 0.496 e. The Hall–Kier alpha value is -10.0. The van der Waals surface area contributed by atoms with Crippen LogP contribution in [0.25, 0.3) is 44.4 Å². The first-order valence-corrected chi connectivity index (χ1v) is 39.8. The minimum atomic E-state index is -0.977. The summed E-state index contributed by atoms with van der Waals surface area (Å²) >= 11 is 15.0. The summed E-state index contributed by atoms with van der Waals surface area (Å²) in [7, 11) is 0.938. The molecule has 14 heterocycles. The van der Waals surface area contributed by atoms with E-state index in [1.54, 1.807) is 129 Å². The number of fused-ring (bicyclic) bond motifs is 3. The van der Waals surface area contributed by atoms with E-state index >= 15 is 0 Å². The van der Waals surface area contributed by atoms with Gasteiger partial charge in [-0.05, 0) is 206 Å². The summed E-state index contributed by atoms with van der Waals surface area (Å²) in [5.74, 6) is 2.27. The third-order valence-corrected chi connectivity index (χ3v) is 20.8. The molecular weight excluding hydrogens is 1610 g/mol. The van der Waals surface area contributed by atoms with E-state index in [0.29, 0.717) is 79.8 Å². The first kappa shape index (κ1) is 90.3. The Morgan fingerprint density at radius 2 is 1.02 bits per heavy atom. The fourth-order valence-electron chi connectivity index (χ4n) is 12.1. The quantitative estimate of drug-likeness (QED) is 0.0563. The number of ether oxygens (including phenoxy) is 5. The molecule has 0 bridgehead atoms. The van der Waals surface area contributed by atoms with Crippen molar-refractivity contribution < 1.29 is 62.4 Å². The topological polar surface area (TPSA) is 342 Å². The predicted octanol–water partition coefficient (Wildman–Crippen LogP) is 14.5. The second-order valence-corrected chi connectivity index (χ2v) is 35.3. The number of hydrogen-bond donors (Lipinski definition) is 3. The first-order chi connectivity index (χ1) is 55.3. The lowest BCUT2D eigenvalue weighted by Gasteiger charge is -2.32. The molecule has 0 unspecified atom stereocenters. The molecule has 0 aromatic carbocycles. The van der Waals surface area contributed by atoms with Crippen LogP contribution in [0.1, 0.15) is 158 Å². The summed E-state index contributed by atoms with van der Waals surface area (Å²) in [6.07, 6.45) is 22.3. The van der Waals surface area contributed by atoms with Gasteiger partial charge in [0.2, 0.25) is 5.88 Å². The molecule has 4 aliphatic heterocycles. The maximum absolute atomic E-state index is 12.1. The minimum Gasteiger partial charge on any atom is -0.489 e. The van der Waals surface area contributed by atoms with Crippen molar-refractivity contribution in [1.82, 2.24) is 58.6 Å². The number of hydrogen-bond acceptors (Lipinski definition) is 24. The molecule has 4 aliphatic rings. The number of methoxy groups -OCH3 is 1. The van der Waals surface area contributed by atoms with Gasteiger partial charge in [-0.1, -0.05) is 53.6 Å². The number of pyridine rings is 7. The molecule has 1 amide bonds. The fourth-order valence-corrected chi connectivity index (χ4v) is 12.9. The summed E-state index contributed by atoms with van der Waals surface area (Å²) in [4.78, 5) is 33.3. The molecule has 118 heavy (non-hydrogen) atoms. The normalized spacial score (nSPS) is 16.2. The van der Waals surface area contributed by atoms with Crippen LogP contribution in [-0.2, 0) is 29.9 Å². The second-order valence-electron chi connectivity index (χ2n) is 33.7. The van der Waals surface area contributed by atoms with Gasteiger partial charge in [-0.2, -0.15) is 31.1 Å². The highest BCUT2D eigenvalue weighted by Gasteiger charge is 2.53. The van der Waals surface area contributed by atoms with Gasteiger partial charge in [0.25, 0.3) is 0 Å². The van der Waals surface area contributed by atoms with Gasteiger partial charge in [-0.25, -0.2) is 33.3 Å². The Morgan fingerprint density at radius 3 is 1.42 bits per heavy atom. The van der Waals surface area contributed by atoms with Crippen LogP contribution < -0.4 is 24.4 Å². The number of carbonyl (C=O) groups excluding carboxylic acids is 1. The molecule has 28 nitrogen and oxygen atoms in total. The van der Waals surface area contributed by atoms with E-state index < -0.39 is 22.4 Å². The van der Waals surface area contributed by atoms with E-state index in [0.717, 1.165) is 81.4 Å². The van der Waals surface area contributed by atoms with Gasteiger partial charge in [0, 0.05) is 95.8 Å². The molecule has 33 heteroatoms. The number of aromatic nitrogens is 10. The molecule has 10 aromatic heterocycles. The van der Waals surface area contributed by atoms with E-state index in [9.17, 15) is 30.6 Å². The Balaban J connectivity index is 0.000000161. The SMILES string of the molecule is CC(C)(C)OC(=O)N1CC=C(B2OC(C)(C)C(C)(C)O2)CC1.CC(C)(O)COc1cc(-c2ccc(Cl)nc2)c2c(C#N)cnn2c1.CC(C)(O)COc1cc(Br)c2c(C#N)cnn2c1.CC1(C)OB(c2ccc(Cl)nc2)OC1(C)C.COc1ccc(CN2CC=C(c3ccc(-c4cc(OCC(C)(C)O)cn5ncc(C#N)c45)cn3)CC2)cn1. The lowest BCUT2D eigenvalue weighted by atomic mass is 9.75. The van der Waals surface area contributed by atoms with Gasteiger partial charge in [-0.15, -0.1) is 0 Å². The van der Waals surface area contributed by atoms with E-state index in [-0.39, 0.29) is 62.6 Å². The van der Waals surface area contributed by atoms with Gasteiger partial charge >= 0.3 is 20.3 Å². The Morgan fingerprint density at radius 1 is 0.551 bits per heavy atom. The first-order valence-electron chi connectivity index (χ1n) is 38.3. The predicted molar refractivity (Wildman–Crippen MR) is 454 cm³/mol. The van der Waals surface area contributed by atoms with Crippen LogP contribution in [0.3, 0.4) is 0 Å². The molecule has 0 aliphatic carbocycles. The summed E-state index contributed by atoms with van der Waals surface area (Å²) in [6.45, 7) is 36.2. The Kier molecular flexibility index (Phi) is 28.4. The van der Waals surface area contributed by atoms with Gasteiger partial charge in [0.05, 0.1) is 122 Å². The van der Waals surface area contributed by atoms with Crippen LogP contribution in [0.4, 0.5) is 4.79 Å². The molecule has 2 saturated heterocycles. The van der Waals surface area contributed by atoms with Crippen LogP contribution >= 0.6 is 39.1 Å². The highest BCUT2D eigenvalue weighted by atomic mass is 79.9. The zero-order chi connectivity index (χ0) is 86.1. The maximum atomic E-state index is 12.1. The molecule has 14 rings (SSSR count). The summed E-state index contributed by atoms with van der Waals surface area (Å²) in [5.41, 5.74) is 7.38. The fraction of sp³-hybridized carbons (Fsp3) is 0.424. The number of halogens is 3. The summed E-state index contributed by atoms with van der Waals surface area (Å²) in [6, 6.07) is 26.9.